The zero-order chi connectivity index (χ0) is 12.1. The molecule has 0 atom stereocenters. The summed E-state index contributed by atoms with van der Waals surface area (Å²) in [7, 11) is 0. The van der Waals surface area contributed by atoms with E-state index in [4.69, 9.17) is 24.4 Å². The summed E-state index contributed by atoms with van der Waals surface area (Å²) < 4.78 is 1.17. The molecule has 0 unspecified atom stereocenters. The summed E-state index contributed by atoms with van der Waals surface area (Å²) in [6, 6.07) is 7.81. The lowest BCUT2D eigenvalue weighted by atomic mass is 10.3. The van der Waals surface area contributed by atoms with Crippen LogP contribution in [0.5, 0.6) is 0 Å². The maximum Gasteiger partial charge on any atom is 0.138 e. The van der Waals surface area contributed by atoms with E-state index in [0.717, 1.165) is 11.0 Å². The van der Waals surface area contributed by atoms with Crippen molar-refractivity contribution < 1.29 is 0 Å². The molecule has 0 spiro atoms. The summed E-state index contributed by atoms with van der Waals surface area (Å²) in [4.78, 5) is 6.07. The number of benzene rings is 1. The molecule has 0 aliphatic carbocycles. The Bertz CT molecular complexity index is 540. The molecule has 1 aliphatic rings. The molecule has 0 bridgehead atoms. The molecule has 3 nitrogen and oxygen atoms in total. The molecule has 0 radical (unpaired) electrons. The van der Waals surface area contributed by atoms with Crippen molar-refractivity contribution in [3.63, 3.8) is 0 Å². The lowest BCUT2D eigenvalue weighted by molar-refractivity contribution is 0.857. The maximum absolute atomic E-state index is 4.99. The first kappa shape index (κ1) is 12.4. The Morgan fingerprint density at radius 1 is 0.824 bits per heavy atom. The van der Waals surface area contributed by atoms with E-state index in [2.05, 4.69) is 15.3 Å². The van der Waals surface area contributed by atoms with E-state index in [1.54, 1.807) is 0 Å². The van der Waals surface area contributed by atoms with Crippen molar-refractivity contribution in [2.75, 3.05) is 13.1 Å². The van der Waals surface area contributed by atoms with Crippen molar-refractivity contribution in [2.24, 2.45) is 0 Å². The van der Waals surface area contributed by atoms with Crippen LogP contribution in [-0.4, -0.2) is 23.1 Å². The molecule has 1 fully saturated rings. The summed E-state index contributed by atoms with van der Waals surface area (Å²) in [6.07, 6.45) is 2.78. The predicted molar refractivity (Wildman–Crippen MR) is 76.4 cm³/mol. The standard InChI is InChI=1S/C8H6N2S2.C4H9N/c11-7-8(12)10-6-4-2-1-3-5(6)9-7;1-2-4-5-3-1/h1-4H,(H,9,11)(H,10,12);5H,1-4H2. The molecule has 3 N–H and O–H groups in total. The van der Waals surface area contributed by atoms with Gasteiger partial charge >= 0.3 is 0 Å². The van der Waals surface area contributed by atoms with Gasteiger partial charge in [0.2, 0.25) is 0 Å². The molecule has 3 rings (SSSR count). The highest BCUT2D eigenvalue weighted by Crippen LogP contribution is 2.07. The van der Waals surface area contributed by atoms with E-state index in [-0.39, 0.29) is 0 Å². The number of para-hydroxylation sites is 2. The summed E-state index contributed by atoms with van der Waals surface area (Å²) in [5.41, 5.74) is 1.97. The van der Waals surface area contributed by atoms with Gasteiger partial charge in [-0.1, -0.05) is 36.6 Å². The average Bonchev–Trinajstić information content (AvgIpc) is 2.89. The quantitative estimate of drug-likeness (QED) is 0.640. The van der Waals surface area contributed by atoms with Crippen LogP contribution in [0.1, 0.15) is 12.8 Å². The number of fused-ring (bicyclic) bond motifs is 1. The average molecular weight is 265 g/mol. The van der Waals surface area contributed by atoms with Gasteiger partial charge in [-0.25, -0.2) is 0 Å². The van der Waals surface area contributed by atoms with Gasteiger partial charge in [0, 0.05) is 0 Å². The smallest absolute Gasteiger partial charge is 0.138 e. The second-order valence-corrected chi connectivity index (χ2v) is 4.73. The molecule has 1 aromatic carbocycles. The lowest BCUT2D eigenvalue weighted by Gasteiger charge is -1.96. The van der Waals surface area contributed by atoms with Crippen LogP contribution >= 0.6 is 24.4 Å². The van der Waals surface area contributed by atoms with Crippen LogP contribution in [0.2, 0.25) is 0 Å². The fourth-order valence-electron chi connectivity index (χ4n) is 1.68. The molecular formula is C12H15N3S2. The number of nitrogens with one attached hydrogen (secondary N) is 3. The molecule has 17 heavy (non-hydrogen) atoms. The number of hydrogen-bond donors (Lipinski definition) is 3. The summed E-state index contributed by atoms with van der Waals surface area (Å²) in [5, 5.41) is 3.22. The van der Waals surface area contributed by atoms with Gasteiger partial charge in [-0.15, -0.1) is 0 Å². The normalized spacial score (nSPS) is 14.4. The minimum Gasteiger partial charge on any atom is -0.342 e. The van der Waals surface area contributed by atoms with Crippen molar-refractivity contribution in [3.05, 3.63) is 33.5 Å². The van der Waals surface area contributed by atoms with Gasteiger partial charge in [0.25, 0.3) is 0 Å². The van der Waals surface area contributed by atoms with Crippen molar-refractivity contribution in [1.29, 1.82) is 0 Å². The Kier molecular flexibility index (Phi) is 4.42. The second-order valence-electron chi connectivity index (χ2n) is 3.91. The minimum atomic E-state index is 0.587. The summed E-state index contributed by atoms with van der Waals surface area (Å²) in [5.74, 6) is 0. The van der Waals surface area contributed by atoms with Gasteiger partial charge in [-0.05, 0) is 38.1 Å². The number of aromatic nitrogens is 2. The van der Waals surface area contributed by atoms with Crippen molar-refractivity contribution in [1.82, 2.24) is 15.3 Å². The molecule has 90 valence electrons. The Balaban J connectivity index is 0.000000181. The van der Waals surface area contributed by atoms with Crippen LogP contribution in [0, 0.1) is 9.28 Å². The SMILES string of the molecule is C1CCNC1.S=c1[nH]c2ccccc2[nH]c1=S. The molecule has 2 heterocycles. The minimum absolute atomic E-state index is 0.587. The Labute approximate surface area is 110 Å². The summed E-state index contributed by atoms with van der Waals surface area (Å²) in [6.45, 7) is 2.50. The van der Waals surface area contributed by atoms with Gasteiger partial charge in [-0.2, -0.15) is 0 Å². The van der Waals surface area contributed by atoms with Crippen LogP contribution in [0.25, 0.3) is 11.0 Å². The molecular weight excluding hydrogens is 250 g/mol. The fraction of sp³-hybridized carbons (Fsp3) is 0.333. The fourth-order valence-corrected chi connectivity index (χ4v) is 2.01. The van der Waals surface area contributed by atoms with E-state index in [0.29, 0.717) is 9.28 Å². The topological polar surface area (TPSA) is 43.6 Å². The van der Waals surface area contributed by atoms with Gasteiger partial charge in [0.05, 0.1) is 11.0 Å². The van der Waals surface area contributed by atoms with Crippen molar-refractivity contribution in [3.8, 4) is 0 Å². The monoisotopic (exact) mass is 265 g/mol. The second kappa shape index (κ2) is 6.05. The Morgan fingerprint density at radius 2 is 1.29 bits per heavy atom. The molecule has 1 aromatic heterocycles. The first-order valence-corrected chi connectivity index (χ1v) is 6.51. The molecule has 5 heteroatoms. The third-order valence-electron chi connectivity index (χ3n) is 2.59. The Hall–Kier alpha value is -1.04. The molecule has 2 aromatic rings. The number of aromatic amines is 2. The van der Waals surface area contributed by atoms with Gasteiger partial charge in [0.15, 0.2) is 0 Å². The molecule has 0 amide bonds. The van der Waals surface area contributed by atoms with Crippen LogP contribution in [-0.2, 0) is 0 Å². The highest BCUT2D eigenvalue weighted by atomic mass is 32.1. The first-order chi connectivity index (χ1) is 8.27. The summed E-state index contributed by atoms with van der Waals surface area (Å²) >= 11 is 9.98. The van der Waals surface area contributed by atoms with Gasteiger partial charge in [-0.3, -0.25) is 0 Å². The number of hydrogen-bond acceptors (Lipinski definition) is 3. The predicted octanol–water partition coefficient (Wildman–Crippen LogP) is 3.32. The van der Waals surface area contributed by atoms with E-state index in [1.807, 2.05) is 24.3 Å². The lowest BCUT2D eigenvalue weighted by Crippen LogP contribution is -2.03. The van der Waals surface area contributed by atoms with E-state index >= 15 is 0 Å². The van der Waals surface area contributed by atoms with Crippen LogP contribution in [0.3, 0.4) is 0 Å². The number of rotatable bonds is 0. The van der Waals surface area contributed by atoms with Gasteiger partial charge < -0.3 is 15.3 Å². The third kappa shape index (κ3) is 3.46. The van der Waals surface area contributed by atoms with E-state index in [9.17, 15) is 0 Å². The van der Waals surface area contributed by atoms with E-state index in [1.165, 1.54) is 25.9 Å². The largest absolute Gasteiger partial charge is 0.342 e. The number of H-pyrrole nitrogens is 2. The maximum atomic E-state index is 4.99. The van der Waals surface area contributed by atoms with Crippen LogP contribution < -0.4 is 5.32 Å². The van der Waals surface area contributed by atoms with Gasteiger partial charge in [0.1, 0.15) is 9.28 Å². The molecule has 0 saturated carbocycles. The molecule has 1 aliphatic heterocycles. The van der Waals surface area contributed by atoms with Crippen molar-refractivity contribution in [2.45, 2.75) is 12.8 Å². The van der Waals surface area contributed by atoms with E-state index < -0.39 is 0 Å². The first-order valence-electron chi connectivity index (χ1n) is 5.69. The van der Waals surface area contributed by atoms with Crippen LogP contribution in [0.4, 0.5) is 0 Å². The van der Waals surface area contributed by atoms with Crippen LogP contribution in [0.15, 0.2) is 24.3 Å². The zero-order valence-electron chi connectivity index (χ0n) is 9.45. The highest BCUT2D eigenvalue weighted by molar-refractivity contribution is 7.73. The zero-order valence-corrected chi connectivity index (χ0v) is 11.1. The third-order valence-corrected chi connectivity index (χ3v) is 3.33. The highest BCUT2D eigenvalue weighted by Gasteiger charge is 1.93. The van der Waals surface area contributed by atoms with Crippen molar-refractivity contribution >= 4 is 35.5 Å². The Morgan fingerprint density at radius 3 is 1.65 bits per heavy atom. The molecule has 1 saturated heterocycles.